The number of hydrogen-bond donors (Lipinski definition) is 1. The molecule has 1 aromatic carbocycles. The van der Waals surface area contributed by atoms with Crippen molar-refractivity contribution in [3.05, 3.63) is 56.7 Å². The number of aryl methyl sites for hydroxylation is 2. The van der Waals surface area contributed by atoms with Crippen LogP contribution in [0.4, 0.5) is 5.69 Å². The van der Waals surface area contributed by atoms with Gasteiger partial charge in [-0.3, -0.25) is 14.9 Å². The Morgan fingerprint density at radius 3 is 2.67 bits per heavy atom. The van der Waals surface area contributed by atoms with Crippen LogP contribution in [0, 0.1) is 24.0 Å². The summed E-state index contributed by atoms with van der Waals surface area (Å²) in [5.74, 6) is 0.482. The molecule has 0 saturated heterocycles. The van der Waals surface area contributed by atoms with E-state index in [1.807, 2.05) is 12.3 Å². The highest BCUT2D eigenvalue weighted by atomic mass is 32.2. The molecule has 9 nitrogen and oxygen atoms in total. The van der Waals surface area contributed by atoms with Gasteiger partial charge in [0.15, 0.2) is 10.2 Å². The largest absolute Gasteiger partial charge is 0.340 e. The van der Waals surface area contributed by atoms with Crippen molar-refractivity contribution >= 4 is 34.7 Å². The molecule has 30 heavy (non-hydrogen) atoms. The number of thiazole rings is 1. The Labute approximate surface area is 180 Å². The SMILES string of the molecule is Cc1csc(Sc2ccc(C(=O)NC3(c4noc(C)n4)CCCC3)cc2[N+](=O)[O-])n1. The van der Waals surface area contributed by atoms with Gasteiger partial charge < -0.3 is 9.84 Å². The van der Waals surface area contributed by atoms with E-state index in [4.69, 9.17) is 4.52 Å². The Balaban J connectivity index is 1.60. The molecule has 156 valence electrons. The molecule has 11 heteroatoms. The number of carbonyl (C=O) groups is 1. The fourth-order valence-corrected chi connectivity index (χ4v) is 5.41. The number of amides is 1. The maximum Gasteiger partial charge on any atom is 0.284 e. The van der Waals surface area contributed by atoms with E-state index in [9.17, 15) is 14.9 Å². The lowest BCUT2D eigenvalue weighted by atomic mass is 9.96. The van der Waals surface area contributed by atoms with Gasteiger partial charge in [0.05, 0.1) is 9.82 Å². The summed E-state index contributed by atoms with van der Waals surface area (Å²) in [7, 11) is 0. The maximum absolute atomic E-state index is 13.0. The lowest BCUT2D eigenvalue weighted by molar-refractivity contribution is -0.387. The number of rotatable bonds is 6. The van der Waals surface area contributed by atoms with Crippen molar-refractivity contribution in [1.82, 2.24) is 20.4 Å². The van der Waals surface area contributed by atoms with E-state index < -0.39 is 16.4 Å². The summed E-state index contributed by atoms with van der Waals surface area (Å²) in [6.07, 6.45) is 3.24. The van der Waals surface area contributed by atoms with Gasteiger partial charge in [0, 0.05) is 29.6 Å². The van der Waals surface area contributed by atoms with Crippen LogP contribution < -0.4 is 5.32 Å². The van der Waals surface area contributed by atoms with Crippen LogP contribution in [-0.2, 0) is 5.54 Å². The van der Waals surface area contributed by atoms with E-state index in [0.29, 0.717) is 33.8 Å². The van der Waals surface area contributed by atoms with Gasteiger partial charge in [-0.2, -0.15) is 4.98 Å². The summed E-state index contributed by atoms with van der Waals surface area (Å²) in [5, 5.41) is 20.5. The standard InChI is InChI=1S/C19H19N5O4S2/c1-11-10-29-18(20-11)30-15-6-5-13(9-14(15)24(26)27)16(25)22-19(7-3-4-8-19)17-21-12(2)28-23-17/h5-6,9-10H,3-4,7-8H2,1-2H3,(H,22,25). The van der Waals surface area contributed by atoms with Crippen LogP contribution in [0.15, 0.2) is 37.3 Å². The third-order valence-corrected chi connectivity index (χ3v) is 7.10. The summed E-state index contributed by atoms with van der Waals surface area (Å²) >= 11 is 2.64. The predicted molar refractivity (Wildman–Crippen MR) is 111 cm³/mol. The van der Waals surface area contributed by atoms with Crippen molar-refractivity contribution in [2.45, 2.75) is 54.3 Å². The molecule has 3 aromatic rings. The molecule has 2 heterocycles. The van der Waals surface area contributed by atoms with Crippen LogP contribution in [0.5, 0.6) is 0 Å². The quantitative estimate of drug-likeness (QED) is 0.437. The number of nitrogens with one attached hydrogen (secondary N) is 1. The lowest BCUT2D eigenvalue weighted by Gasteiger charge is -2.26. The van der Waals surface area contributed by atoms with Crippen molar-refractivity contribution in [2.24, 2.45) is 0 Å². The highest BCUT2D eigenvalue weighted by Crippen LogP contribution is 2.39. The van der Waals surface area contributed by atoms with E-state index in [1.54, 1.807) is 19.1 Å². The molecule has 0 radical (unpaired) electrons. The minimum absolute atomic E-state index is 0.128. The second-order valence-electron chi connectivity index (χ2n) is 7.18. The maximum atomic E-state index is 13.0. The molecule has 2 aromatic heterocycles. The summed E-state index contributed by atoms with van der Waals surface area (Å²) in [4.78, 5) is 33.2. The first kappa shape index (κ1) is 20.5. The highest BCUT2D eigenvalue weighted by molar-refractivity contribution is 8.01. The molecule has 1 fully saturated rings. The molecular weight excluding hydrogens is 426 g/mol. The molecule has 1 saturated carbocycles. The monoisotopic (exact) mass is 445 g/mol. The first-order chi connectivity index (χ1) is 14.4. The van der Waals surface area contributed by atoms with Gasteiger partial charge in [-0.1, -0.05) is 29.8 Å². The smallest absolute Gasteiger partial charge is 0.284 e. The van der Waals surface area contributed by atoms with Gasteiger partial charge in [-0.25, -0.2) is 4.98 Å². The molecule has 0 aliphatic heterocycles. The van der Waals surface area contributed by atoms with Crippen LogP contribution >= 0.6 is 23.1 Å². The van der Waals surface area contributed by atoms with E-state index in [1.165, 1.54) is 29.2 Å². The summed E-state index contributed by atoms with van der Waals surface area (Å²) in [6, 6.07) is 4.49. The number of nitrogens with zero attached hydrogens (tertiary/aromatic N) is 4. The van der Waals surface area contributed by atoms with Gasteiger partial charge in [0.1, 0.15) is 5.54 Å². The van der Waals surface area contributed by atoms with Crippen molar-refractivity contribution in [1.29, 1.82) is 0 Å². The average Bonchev–Trinajstić information content (AvgIpc) is 3.44. The Morgan fingerprint density at radius 1 is 1.30 bits per heavy atom. The van der Waals surface area contributed by atoms with Crippen LogP contribution in [0.3, 0.4) is 0 Å². The van der Waals surface area contributed by atoms with Crippen molar-refractivity contribution < 1.29 is 14.2 Å². The number of aromatic nitrogens is 3. The van der Waals surface area contributed by atoms with Crippen LogP contribution in [-0.4, -0.2) is 26.0 Å². The van der Waals surface area contributed by atoms with E-state index in [2.05, 4.69) is 20.4 Å². The van der Waals surface area contributed by atoms with E-state index >= 15 is 0 Å². The molecule has 4 rings (SSSR count). The molecule has 0 atom stereocenters. The van der Waals surface area contributed by atoms with Crippen molar-refractivity contribution in [3.63, 3.8) is 0 Å². The summed E-state index contributed by atoms with van der Waals surface area (Å²) in [5.41, 5.74) is 0.235. The number of nitro benzene ring substituents is 1. The topological polar surface area (TPSA) is 124 Å². The van der Waals surface area contributed by atoms with Gasteiger partial charge in [-0.15, -0.1) is 11.3 Å². The van der Waals surface area contributed by atoms with Crippen molar-refractivity contribution in [2.75, 3.05) is 0 Å². The Kier molecular flexibility index (Phi) is 5.56. The van der Waals surface area contributed by atoms with Crippen LogP contribution in [0.2, 0.25) is 0 Å². The first-order valence-electron chi connectivity index (χ1n) is 9.38. The molecule has 1 N–H and O–H groups in total. The van der Waals surface area contributed by atoms with E-state index in [0.717, 1.165) is 18.5 Å². The number of hydrogen-bond acceptors (Lipinski definition) is 9. The predicted octanol–water partition coefficient (Wildman–Crippen LogP) is 4.40. The Bertz CT molecular complexity index is 1100. The summed E-state index contributed by atoms with van der Waals surface area (Å²) in [6.45, 7) is 3.57. The third-order valence-electron chi connectivity index (χ3n) is 4.98. The molecular formula is C19H19N5O4S2. The molecule has 0 spiro atoms. The van der Waals surface area contributed by atoms with Gasteiger partial charge in [0.25, 0.3) is 11.6 Å². The average molecular weight is 446 g/mol. The fraction of sp³-hybridized carbons (Fsp3) is 0.368. The zero-order valence-electron chi connectivity index (χ0n) is 16.4. The Hall–Kier alpha value is -2.79. The zero-order chi connectivity index (χ0) is 21.3. The van der Waals surface area contributed by atoms with Gasteiger partial charge in [0.2, 0.25) is 5.89 Å². The second kappa shape index (κ2) is 8.15. The van der Waals surface area contributed by atoms with Gasteiger partial charge >= 0.3 is 0 Å². The van der Waals surface area contributed by atoms with Crippen molar-refractivity contribution in [3.8, 4) is 0 Å². The molecule has 1 amide bonds. The zero-order valence-corrected chi connectivity index (χ0v) is 18.0. The fourth-order valence-electron chi connectivity index (χ4n) is 3.53. The minimum atomic E-state index is -0.713. The first-order valence-corrected chi connectivity index (χ1v) is 11.1. The molecule has 0 unspecified atom stereocenters. The molecule has 1 aliphatic carbocycles. The highest BCUT2D eigenvalue weighted by Gasteiger charge is 2.41. The summed E-state index contributed by atoms with van der Waals surface area (Å²) < 4.78 is 5.82. The van der Waals surface area contributed by atoms with Crippen LogP contribution in [0.25, 0.3) is 0 Å². The lowest BCUT2D eigenvalue weighted by Crippen LogP contribution is -2.44. The number of benzene rings is 1. The Morgan fingerprint density at radius 2 is 2.07 bits per heavy atom. The normalized spacial score (nSPS) is 15.3. The second-order valence-corrected chi connectivity index (χ2v) is 9.32. The number of carbonyl (C=O) groups excluding carboxylic acids is 1. The minimum Gasteiger partial charge on any atom is -0.340 e. The molecule has 0 bridgehead atoms. The van der Waals surface area contributed by atoms with Gasteiger partial charge in [-0.05, 0) is 31.9 Å². The molecule has 1 aliphatic rings. The van der Waals surface area contributed by atoms with E-state index in [-0.39, 0.29) is 11.3 Å². The number of nitro groups is 1. The third kappa shape index (κ3) is 4.08. The van der Waals surface area contributed by atoms with Crippen LogP contribution in [0.1, 0.15) is 53.5 Å².